The van der Waals surface area contributed by atoms with E-state index in [4.69, 9.17) is 11.6 Å². The van der Waals surface area contributed by atoms with Crippen molar-refractivity contribution < 1.29 is 0 Å². The minimum atomic E-state index is 0.186. The molecule has 0 aliphatic carbocycles. The van der Waals surface area contributed by atoms with Crippen molar-refractivity contribution in [3.63, 3.8) is 0 Å². The third-order valence-corrected chi connectivity index (χ3v) is 2.87. The maximum atomic E-state index is 5.89. The van der Waals surface area contributed by atoms with Crippen LogP contribution in [-0.2, 0) is 6.42 Å². The van der Waals surface area contributed by atoms with Gasteiger partial charge in [-0.15, -0.1) is 0 Å². The normalized spacial score (nSPS) is 11.9. The molecule has 0 aliphatic rings. The van der Waals surface area contributed by atoms with E-state index in [1.165, 1.54) is 5.56 Å². The Balaban J connectivity index is 2.02. The second-order valence-corrected chi connectivity index (χ2v) is 4.86. The van der Waals surface area contributed by atoms with Crippen LogP contribution in [0.4, 0.5) is 11.9 Å². The van der Waals surface area contributed by atoms with Crippen molar-refractivity contribution in [2.45, 2.75) is 26.3 Å². The van der Waals surface area contributed by atoms with E-state index in [9.17, 15) is 0 Å². The second-order valence-electron chi connectivity index (χ2n) is 4.52. The minimum Gasteiger partial charge on any atom is -0.354 e. The van der Waals surface area contributed by atoms with Crippen LogP contribution < -0.4 is 10.6 Å². The lowest BCUT2D eigenvalue weighted by atomic mass is 10.1. The topological polar surface area (TPSA) is 62.7 Å². The van der Waals surface area contributed by atoms with E-state index in [2.05, 4.69) is 44.6 Å². The highest BCUT2D eigenvalue weighted by Gasteiger charge is 2.08. The summed E-state index contributed by atoms with van der Waals surface area (Å²) in [6, 6.07) is 10.5. The number of anilines is 2. The van der Waals surface area contributed by atoms with E-state index in [1.807, 2.05) is 25.1 Å². The number of halogens is 1. The lowest BCUT2D eigenvalue weighted by Gasteiger charge is -2.14. The van der Waals surface area contributed by atoms with Crippen LogP contribution >= 0.6 is 11.6 Å². The summed E-state index contributed by atoms with van der Waals surface area (Å²) < 4.78 is 0. The van der Waals surface area contributed by atoms with Crippen molar-refractivity contribution in [1.29, 1.82) is 0 Å². The molecular formula is C14H18ClN5. The van der Waals surface area contributed by atoms with Crippen LogP contribution in [0.3, 0.4) is 0 Å². The van der Waals surface area contributed by atoms with Crippen molar-refractivity contribution in [3.05, 3.63) is 41.2 Å². The number of hydrogen-bond acceptors (Lipinski definition) is 5. The van der Waals surface area contributed by atoms with Crippen molar-refractivity contribution >= 4 is 23.5 Å². The lowest BCUT2D eigenvalue weighted by Crippen LogP contribution is -2.20. The molecule has 0 fully saturated rings. The SMILES string of the molecule is CCNc1nc(Cl)nc(NC(C)Cc2ccccc2)n1. The zero-order chi connectivity index (χ0) is 14.4. The van der Waals surface area contributed by atoms with E-state index in [1.54, 1.807) is 0 Å². The molecule has 0 aliphatic heterocycles. The van der Waals surface area contributed by atoms with Crippen molar-refractivity contribution in [2.75, 3.05) is 17.2 Å². The van der Waals surface area contributed by atoms with Gasteiger partial charge in [0.05, 0.1) is 0 Å². The predicted octanol–water partition coefficient (Wildman–Crippen LogP) is 3.00. The summed E-state index contributed by atoms with van der Waals surface area (Å²) in [6.07, 6.45) is 0.890. The number of nitrogens with zero attached hydrogens (tertiary/aromatic N) is 3. The molecule has 2 aromatic rings. The average Bonchev–Trinajstić information content (AvgIpc) is 2.39. The molecule has 20 heavy (non-hydrogen) atoms. The molecule has 0 saturated carbocycles. The Morgan fingerprint density at radius 1 is 1.10 bits per heavy atom. The summed E-state index contributed by atoms with van der Waals surface area (Å²) in [6.45, 7) is 4.79. The smallest absolute Gasteiger partial charge is 0.229 e. The first-order valence-corrected chi connectivity index (χ1v) is 7.01. The Labute approximate surface area is 123 Å². The van der Waals surface area contributed by atoms with Gasteiger partial charge in [-0.25, -0.2) is 0 Å². The van der Waals surface area contributed by atoms with Crippen LogP contribution in [0.25, 0.3) is 0 Å². The van der Waals surface area contributed by atoms with E-state index < -0.39 is 0 Å². The van der Waals surface area contributed by atoms with Crippen LogP contribution in [0.2, 0.25) is 5.28 Å². The second kappa shape index (κ2) is 7.05. The summed E-state index contributed by atoms with van der Waals surface area (Å²) in [4.78, 5) is 12.4. The monoisotopic (exact) mass is 291 g/mol. The highest BCUT2D eigenvalue weighted by Crippen LogP contribution is 2.12. The fourth-order valence-electron chi connectivity index (χ4n) is 1.89. The molecule has 0 spiro atoms. The molecule has 1 atom stereocenters. The lowest BCUT2D eigenvalue weighted by molar-refractivity contribution is 0.774. The summed E-state index contributed by atoms with van der Waals surface area (Å²) in [5.41, 5.74) is 1.26. The average molecular weight is 292 g/mol. The molecule has 0 amide bonds. The molecule has 2 N–H and O–H groups in total. The van der Waals surface area contributed by atoms with E-state index in [0.717, 1.165) is 13.0 Å². The Morgan fingerprint density at radius 3 is 2.50 bits per heavy atom. The third-order valence-electron chi connectivity index (χ3n) is 2.70. The Morgan fingerprint density at radius 2 is 1.80 bits per heavy atom. The van der Waals surface area contributed by atoms with Gasteiger partial charge in [-0.05, 0) is 37.4 Å². The van der Waals surface area contributed by atoms with Gasteiger partial charge in [0.2, 0.25) is 17.2 Å². The van der Waals surface area contributed by atoms with Gasteiger partial charge < -0.3 is 10.6 Å². The standard InChI is InChI=1S/C14H18ClN5/c1-3-16-13-18-12(15)19-14(20-13)17-10(2)9-11-7-5-4-6-8-11/h4-8,10H,3,9H2,1-2H3,(H2,16,17,18,19,20). The molecule has 1 aromatic heterocycles. The van der Waals surface area contributed by atoms with Gasteiger partial charge in [-0.1, -0.05) is 30.3 Å². The molecule has 0 bridgehead atoms. The molecule has 0 radical (unpaired) electrons. The Bertz CT molecular complexity index is 547. The summed E-state index contributed by atoms with van der Waals surface area (Å²) in [5.74, 6) is 0.978. The van der Waals surface area contributed by atoms with Gasteiger partial charge in [0.25, 0.3) is 0 Å². The molecule has 106 valence electrons. The number of nitrogens with one attached hydrogen (secondary N) is 2. The molecule has 1 heterocycles. The Hall–Kier alpha value is -1.88. The zero-order valence-corrected chi connectivity index (χ0v) is 12.4. The highest BCUT2D eigenvalue weighted by molar-refractivity contribution is 6.28. The maximum Gasteiger partial charge on any atom is 0.229 e. The maximum absolute atomic E-state index is 5.89. The first kappa shape index (κ1) is 14.5. The number of hydrogen-bond donors (Lipinski definition) is 2. The molecule has 6 heteroatoms. The van der Waals surface area contributed by atoms with Crippen LogP contribution in [0.5, 0.6) is 0 Å². The largest absolute Gasteiger partial charge is 0.354 e. The molecular weight excluding hydrogens is 274 g/mol. The van der Waals surface area contributed by atoms with Crippen molar-refractivity contribution in [3.8, 4) is 0 Å². The number of benzene rings is 1. The fraction of sp³-hybridized carbons (Fsp3) is 0.357. The van der Waals surface area contributed by atoms with Gasteiger partial charge in [0.15, 0.2) is 0 Å². The van der Waals surface area contributed by atoms with E-state index in [-0.39, 0.29) is 11.3 Å². The molecule has 2 rings (SSSR count). The van der Waals surface area contributed by atoms with Crippen molar-refractivity contribution in [2.24, 2.45) is 0 Å². The summed E-state index contributed by atoms with van der Waals surface area (Å²) >= 11 is 5.89. The molecule has 1 unspecified atom stereocenters. The zero-order valence-electron chi connectivity index (χ0n) is 11.6. The number of rotatable bonds is 6. The van der Waals surface area contributed by atoms with E-state index in [0.29, 0.717) is 11.9 Å². The molecule has 0 saturated heterocycles. The first-order chi connectivity index (χ1) is 9.67. The molecule has 1 aromatic carbocycles. The van der Waals surface area contributed by atoms with E-state index >= 15 is 0 Å². The van der Waals surface area contributed by atoms with Crippen LogP contribution in [0.15, 0.2) is 30.3 Å². The minimum absolute atomic E-state index is 0.186. The van der Waals surface area contributed by atoms with Gasteiger partial charge in [-0.2, -0.15) is 15.0 Å². The first-order valence-electron chi connectivity index (χ1n) is 6.63. The fourth-order valence-corrected chi connectivity index (χ4v) is 2.05. The van der Waals surface area contributed by atoms with Crippen molar-refractivity contribution in [1.82, 2.24) is 15.0 Å². The third kappa shape index (κ3) is 4.35. The van der Waals surface area contributed by atoms with Gasteiger partial charge in [0.1, 0.15) is 0 Å². The van der Waals surface area contributed by atoms with Gasteiger partial charge in [-0.3, -0.25) is 0 Å². The van der Waals surface area contributed by atoms with Crippen LogP contribution in [0.1, 0.15) is 19.4 Å². The quantitative estimate of drug-likeness (QED) is 0.856. The summed E-state index contributed by atoms with van der Waals surface area (Å²) in [5, 5.41) is 6.45. The number of aromatic nitrogens is 3. The van der Waals surface area contributed by atoms with Gasteiger partial charge in [0, 0.05) is 12.6 Å². The molecule has 5 nitrogen and oxygen atoms in total. The highest BCUT2D eigenvalue weighted by atomic mass is 35.5. The van der Waals surface area contributed by atoms with Crippen LogP contribution in [0, 0.1) is 0 Å². The predicted molar refractivity (Wildman–Crippen MR) is 82.2 cm³/mol. The van der Waals surface area contributed by atoms with Crippen LogP contribution in [-0.4, -0.2) is 27.5 Å². The van der Waals surface area contributed by atoms with Gasteiger partial charge >= 0.3 is 0 Å². The summed E-state index contributed by atoms with van der Waals surface area (Å²) in [7, 11) is 0. The Kier molecular flexibility index (Phi) is 5.12.